The second-order valence-electron chi connectivity index (χ2n) is 13.9. The van der Waals surface area contributed by atoms with Gasteiger partial charge in [-0.05, 0) is 57.7 Å². The van der Waals surface area contributed by atoms with E-state index >= 15 is 0 Å². The number of ether oxygens (including phenoxy) is 4. The quantitative estimate of drug-likeness (QED) is 0.199. The van der Waals surface area contributed by atoms with Gasteiger partial charge in [-0.1, -0.05) is 91.0 Å². The molecule has 0 aromatic heterocycles. The molecule has 6 atom stereocenters. The fourth-order valence-corrected chi connectivity index (χ4v) is 6.09. The van der Waals surface area contributed by atoms with Crippen LogP contribution in [-0.4, -0.2) is 88.0 Å². The minimum Gasteiger partial charge on any atom is -0.459 e. The molecule has 2 N–H and O–H groups in total. The molecule has 2 saturated heterocycles. The van der Waals surface area contributed by atoms with Crippen LogP contribution >= 0.6 is 0 Å². The van der Waals surface area contributed by atoms with E-state index in [1.165, 1.54) is 13.8 Å². The molecule has 280 valence electrons. The van der Waals surface area contributed by atoms with Gasteiger partial charge in [0.15, 0.2) is 6.04 Å². The number of alkyl carbamates (subject to hydrolysis) is 1. The van der Waals surface area contributed by atoms with Crippen LogP contribution in [0.25, 0.3) is 0 Å². The van der Waals surface area contributed by atoms with E-state index in [0.717, 1.165) is 9.80 Å². The summed E-state index contributed by atoms with van der Waals surface area (Å²) < 4.78 is 21.8. The topological polar surface area (TPSA) is 170 Å². The van der Waals surface area contributed by atoms with Gasteiger partial charge in [-0.3, -0.25) is 14.9 Å². The number of carbonyl (C=O) groups is 6. The van der Waals surface area contributed by atoms with Crippen molar-refractivity contribution in [2.24, 2.45) is 0 Å². The zero-order chi connectivity index (χ0) is 38.3. The standard InChI is InChI=1S/C39H44N4O10/c1-24-31(35(46)50-23-28-19-13-8-14-20-28)42(37(48)51-24)33(44)29(21-26-15-9-6-10-16-26)40-32-25(2)52-38(49)43(32)34(45)30(22-27-17-11-7-12-18-27)41-36(47)53-39(3,4)5/h6-20,24-25,29-32,40H,21-23H2,1-5H3,(H,41,47)/t24-,25-,29-,30-,31+,32+/m0/s1. The van der Waals surface area contributed by atoms with Gasteiger partial charge in [-0.25, -0.2) is 29.0 Å². The molecule has 2 aliphatic heterocycles. The van der Waals surface area contributed by atoms with Crippen molar-refractivity contribution >= 4 is 36.1 Å². The van der Waals surface area contributed by atoms with E-state index in [-0.39, 0.29) is 19.4 Å². The van der Waals surface area contributed by atoms with E-state index in [0.29, 0.717) is 16.7 Å². The fraction of sp³-hybridized carbons (Fsp3) is 0.385. The molecule has 0 spiro atoms. The van der Waals surface area contributed by atoms with Crippen molar-refractivity contribution in [2.75, 3.05) is 0 Å². The van der Waals surface area contributed by atoms with Gasteiger partial charge in [0.2, 0.25) is 5.91 Å². The normalized spacial score (nSPS) is 20.9. The summed E-state index contributed by atoms with van der Waals surface area (Å²) in [5.41, 5.74) is 1.19. The summed E-state index contributed by atoms with van der Waals surface area (Å²) >= 11 is 0. The van der Waals surface area contributed by atoms with Crippen molar-refractivity contribution in [1.82, 2.24) is 20.4 Å². The molecule has 3 aromatic carbocycles. The van der Waals surface area contributed by atoms with Crippen molar-refractivity contribution in [3.05, 3.63) is 108 Å². The summed E-state index contributed by atoms with van der Waals surface area (Å²) in [4.78, 5) is 83.2. The summed E-state index contributed by atoms with van der Waals surface area (Å²) in [6.07, 6.45) is -6.20. The molecular weight excluding hydrogens is 684 g/mol. The van der Waals surface area contributed by atoms with Crippen LogP contribution in [0.4, 0.5) is 14.4 Å². The van der Waals surface area contributed by atoms with Crippen LogP contribution in [-0.2, 0) is 52.8 Å². The van der Waals surface area contributed by atoms with Crippen molar-refractivity contribution in [2.45, 2.75) is 96.2 Å². The van der Waals surface area contributed by atoms with Gasteiger partial charge >= 0.3 is 24.2 Å². The fourth-order valence-electron chi connectivity index (χ4n) is 6.09. The number of rotatable bonds is 12. The monoisotopic (exact) mass is 728 g/mol. The lowest BCUT2D eigenvalue weighted by atomic mass is 10.0. The summed E-state index contributed by atoms with van der Waals surface area (Å²) in [5.74, 6) is -2.52. The van der Waals surface area contributed by atoms with E-state index in [9.17, 15) is 28.8 Å². The molecule has 5 rings (SSSR count). The van der Waals surface area contributed by atoms with Crippen LogP contribution in [0.1, 0.15) is 51.3 Å². The smallest absolute Gasteiger partial charge is 0.418 e. The molecule has 2 fully saturated rings. The number of amides is 5. The average Bonchev–Trinajstić information content (AvgIpc) is 3.58. The Hall–Kier alpha value is -5.76. The third-order valence-electron chi connectivity index (χ3n) is 8.58. The van der Waals surface area contributed by atoms with E-state index in [1.54, 1.807) is 106 Å². The van der Waals surface area contributed by atoms with Gasteiger partial charge in [0, 0.05) is 6.42 Å². The highest BCUT2D eigenvalue weighted by atomic mass is 16.6. The number of benzene rings is 3. The van der Waals surface area contributed by atoms with E-state index < -0.39 is 78.2 Å². The van der Waals surface area contributed by atoms with Gasteiger partial charge < -0.3 is 24.3 Å². The molecule has 0 saturated carbocycles. The number of carbonyl (C=O) groups excluding carboxylic acids is 6. The van der Waals surface area contributed by atoms with Crippen LogP contribution in [0.5, 0.6) is 0 Å². The molecule has 2 aliphatic rings. The molecule has 3 aromatic rings. The molecule has 2 heterocycles. The third-order valence-corrected chi connectivity index (χ3v) is 8.58. The molecule has 53 heavy (non-hydrogen) atoms. The lowest BCUT2D eigenvalue weighted by Gasteiger charge is -2.32. The second-order valence-corrected chi connectivity index (χ2v) is 13.9. The Morgan fingerprint density at radius 2 is 1.17 bits per heavy atom. The first-order valence-electron chi connectivity index (χ1n) is 17.3. The van der Waals surface area contributed by atoms with Crippen LogP contribution in [0.2, 0.25) is 0 Å². The Morgan fingerprint density at radius 1 is 0.698 bits per heavy atom. The lowest BCUT2D eigenvalue weighted by Crippen LogP contribution is -2.62. The molecule has 14 nitrogen and oxygen atoms in total. The third kappa shape index (κ3) is 9.77. The first kappa shape index (κ1) is 38.5. The summed E-state index contributed by atoms with van der Waals surface area (Å²) in [6.45, 7) is 7.95. The maximum absolute atomic E-state index is 14.5. The van der Waals surface area contributed by atoms with Gasteiger partial charge in [0.05, 0.1) is 6.04 Å². The number of imide groups is 2. The van der Waals surface area contributed by atoms with Crippen molar-refractivity contribution in [3.8, 4) is 0 Å². The zero-order valence-electron chi connectivity index (χ0n) is 30.2. The highest BCUT2D eigenvalue weighted by Gasteiger charge is 2.52. The molecular formula is C39H44N4O10. The number of cyclic esters (lactones) is 2. The molecule has 0 radical (unpaired) electrons. The van der Waals surface area contributed by atoms with Crippen LogP contribution in [0, 0.1) is 0 Å². The predicted octanol–water partition coefficient (Wildman–Crippen LogP) is 4.50. The van der Waals surface area contributed by atoms with E-state index in [2.05, 4.69) is 10.6 Å². The maximum atomic E-state index is 14.5. The van der Waals surface area contributed by atoms with E-state index in [1.807, 2.05) is 6.07 Å². The van der Waals surface area contributed by atoms with Gasteiger partial charge in [-0.2, -0.15) is 0 Å². The number of hydrogen-bond donors (Lipinski definition) is 2. The van der Waals surface area contributed by atoms with Gasteiger partial charge in [-0.15, -0.1) is 0 Å². The maximum Gasteiger partial charge on any atom is 0.418 e. The highest BCUT2D eigenvalue weighted by Crippen LogP contribution is 2.26. The molecule has 0 aliphatic carbocycles. The predicted molar refractivity (Wildman–Crippen MR) is 190 cm³/mol. The Morgan fingerprint density at radius 3 is 1.72 bits per heavy atom. The molecule has 5 amide bonds. The molecule has 0 unspecified atom stereocenters. The zero-order valence-corrected chi connectivity index (χ0v) is 30.2. The Balaban J connectivity index is 1.43. The summed E-state index contributed by atoms with van der Waals surface area (Å²) in [7, 11) is 0. The summed E-state index contributed by atoms with van der Waals surface area (Å²) in [5, 5.41) is 5.67. The van der Waals surface area contributed by atoms with E-state index in [4.69, 9.17) is 18.9 Å². The number of esters is 1. The minimum atomic E-state index is -1.41. The minimum absolute atomic E-state index is 0.000448. The molecule has 14 heteroatoms. The van der Waals surface area contributed by atoms with Crippen LogP contribution in [0.3, 0.4) is 0 Å². The van der Waals surface area contributed by atoms with Crippen LogP contribution in [0.15, 0.2) is 91.0 Å². The van der Waals surface area contributed by atoms with Crippen molar-refractivity contribution < 1.29 is 47.7 Å². The average molecular weight is 729 g/mol. The van der Waals surface area contributed by atoms with Crippen molar-refractivity contribution in [3.63, 3.8) is 0 Å². The number of hydrogen-bond acceptors (Lipinski definition) is 11. The number of nitrogens with zero attached hydrogens (tertiary/aromatic N) is 2. The first-order valence-corrected chi connectivity index (χ1v) is 17.3. The Bertz CT molecular complexity index is 1780. The Labute approximate surface area is 307 Å². The lowest BCUT2D eigenvalue weighted by molar-refractivity contribution is -0.154. The SMILES string of the molecule is C[C@@H]1OC(=O)N(C(=O)[C@H](Cc2ccccc2)NC(=O)OC(C)(C)C)[C@H]1N[C@@H](Cc1ccccc1)C(=O)N1C(=O)O[C@@H](C)[C@@H]1C(=O)OCc1ccccc1. The summed E-state index contributed by atoms with van der Waals surface area (Å²) in [6, 6.07) is 22.7. The first-order chi connectivity index (χ1) is 25.2. The highest BCUT2D eigenvalue weighted by molar-refractivity contribution is 6.02. The van der Waals surface area contributed by atoms with Gasteiger partial charge in [0.1, 0.15) is 36.6 Å². The van der Waals surface area contributed by atoms with Gasteiger partial charge in [0.25, 0.3) is 5.91 Å². The molecule has 0 bridgehead atoms. The largest absolute Gasteiger partial charge is 0.459 e. The van der Waals surface area contributed by atoms with Crippen LogP contribution < -0.4 is 10.6 Å². The van der Waals surface area contributed by atoms with Crippen molar-refractivity contribution in [1.29, 1.82) is 0 Å². The Kier molecular flexibility index (Phi) is 12.1. The number of nitrogens with one attached hydrogen (secondary N) is 2. The second kappa shape index (κ2) is 16.7.